The topological polar surface area (TPSA) is 88.0 Å². The number of carboxylic acid groups (broad SMARTS) is 1. The molecule has 1 saturated heterocycles. The van der Waals surface area contributed by atoms with Crippen molar-refractivity contribution in [1.82, 2.24) is 19.8 Å². The third-order valence-electron chi connectivity index (χ3n) is 7.93. The summed E-state index contributed by atoms with van der Waals surface area (Å²) in [6.45, 7) is 13.8. The van der Waals surface area contributed by atoms with Gasteiger partial charge in [-0.15, -0.1) is 0 Å². The molecular formula is C33H52N4O4. The first-order valence-electron chi connectivity index (χ1n) is 15.7. The molecule has 3 heterocycles. The van der Waals surface area contributed by atoms with Crippen molar-refractivity contribution >= 4 is 5.97 Å². The van der Waals surface area contributed by atoms with Gasteiger partial charge in [0, 0.05) is 38.5 Å². The van der Waals surface area contributed by atoms with Gasteiger partial charge in [-0.2, -0.15) is 0 Å². The van der Waals surface area contributed by atoms with E-state index in [4.69, 9.17) is 14.5 Å². The maximum absolute atomic E-state index is 11.4. The maximum atomic E-state index is 11.4. The Bertz CT molecular complexity index is 1020. The smallest absolute Gasteiger partial charge is 0.354 e. The maximum Gasteiger partial charge on any atom is 0.354 e. The molecule has 0 saturated carbocycles. The van der Waals surface area contributed by atoms with E-state index in [-0.39, 0.29) is 11.8 Å². The van der Waals surface area contributed by atoms with Crippen molar-refractivity contribution in [3.05, 3.63) is 59.2 Å². The third kappa shape index (κ3) is 12.6. The highest BCUT2D eigenvalue weighted by Crippen LogP contribution is 2.24. The average Bonchev–Trinajstić information content (AvgIpc) is 2.95. The summed E-state index contributed by atoms with van der Waals surface area (Å²) in [5.74, 6) is -0.450. The van der Waals surface area contributed by atoms with Crippen molar-refractivity contribution < 1.29 is 19.4 Å². The Morgan fingerprint density at radius 2 is 1.59 bits per heavy atom. The minimum Gasteiger partial charge on any atom is -0.477 e. The third-order valence-corrected chi connectivity index (χ3v) is 7.93. The van der Waals surface area contributed by atoms with Gasteiger partial charge in [0.15, 0.2) is 0 Å². The zero-order valence-electron chi connectivity index (χ0n) is 25.6. The van der Waals surface area contributed by atoms with Crippen LogP contribution >= 0.6 is 0 Å². The van der Waals surface area contributed by atoms with Crippen LogP contribution in [0.2, 0.25) is 0 Å². The first kappa shape index (κ1) is 33.1. The van der Waals surface area contributed by atoms with E-state index in [1.807, 2.05) is 6.07 Å². The highest BCUT2D eigenvalue weighted by Gasteiger charge is 2.21. The molecule has 0 aliphatic carbocycles. The number of rotatable bonds is 8. The largest absolute Gasteiger partial charge is 0.477 e. The molecule has 228 valence electrons. The SMILES string of the molecule is CCCC1CCCN(Cc2cccc(C)n2)CCCCCOCCN(Cc2cccc(C(=O)O)n2)CCOC1CC. The van der Waals surface area contributed by atoms with Crippen LogP contribution in [0.5, 0.6) is 0 Å². The average molecular weight is 569 g/mol. The predicted octanol–water partition coefficient (Wildman–Crippen LogP) is 5.98. The molecule has 3 rings (SSSR count). The van der Waals surface area contributed by atoms with E-state index in [1.165, 1.54) is 18.9 Å². The Kier molecular flexibility index (Phi) is 15.3. The molecule has 2 aromatic rings. The molecule has 1 aliphatic rings. The van der Waals surface area contributed by atoms with Gasteiger partial charge in [-0.25, -0.2) is 9.78 Å². The lowest BCUT2D eigenvalue weighted by Gasteiger charge is -2.29. The van der Waals surface area contributed by atoms with Gasteiger partial charge < -0.3 is 14.6 Å². The molecule has 0 radical (unpaired) electrons. The number of carbonyl (C=O) groups is 1. The van der Waals surface area contributed by atoms with Crippen molar-refractivity contribution in [3.63, 3.8) is 0 Å². The summed E-state index contributed by atoms with van der Waals surface area (Å²) in [5.41, 5.74) is 3.08. The van der Waals surface area contributed by atoms with E-state index in [0.29, 0.717) is 25.7 Å². The van der Waals surface area contributed by atoms with E-state index in [2.05, 4.69) is 53.8 Å². The minimum absolute atomic E-state index is 0.0820. The normalized spacial score (nSPS) is 21.6. The Hall–Kier alpha value is -2.39. The molecular weight excluding hydrogens is 516 g/mol. The Morgan fingerprint density at radius 3 is 2.32 bits per heavy atom. The number of nitrogens with zero attached hydrogens (tertiary/aromatic N) is 4. The summed E-state index contributed by atoms with van der Waals surface area (Å²) in [5, 5.41) is 9.35. The Morgan fingerprint density at radius 1 is 0.878 bits per heavy atom. The molecule has 41 heavy (non-hydrogen) atoms. The van der Waals surface area contributed by atoms with E-state index >= 15 is 0 Å². The van der Waals surface area contributed by atoms with Gasteiger partial charge in [0.25, 0.3) is 0 Å². The van der Waals surface area contributed by atoms with Crippen molar-refractivity contribution in [1.29, 1.82) is 0 Å². The first-order valence-corrected chi connectivity index (χ1v) is 15.7. The summed E-state index contributed by atoms with van der Waals surface area (Å²) < 4.78 is 12.6. The molecule has 1 aliphatic heterocycles. The zero-order valence-corrected chi connectivity index (χ0v) is 25.6. The molecule has 8 nitrogen and oxygen atoms in total. The molecule has 2 aromatic heterocycles. The monoisotopic (exact) mass is 568 g/mol. The second-order valence-electron chi connectivity index (χ2n) is 11.3. The molecule has 1 fully saturated rings. The lowest BCUT2D eigenvalue weighted by atomic mass is 9.90. The van der Waals surface area contributed by atoms with E-state index in [1.54, 1.807) is 6.07 Å². The van der Waals surface area contributed by atoms with Gasteiger partial charge in [-0.05, 0) is 95.1 Å². The van der Waals surface area contributed by atoms with Crippen molar-refractivity contribution in [2.24, 2.45) is 5.92 Å². The minimum atomic E-state index is -0.999. The Labute approximate surface area is 247 Å². The lowest BCUT2D eigenvalue weighted by Crippen LogP contribution is -2.34. The number of hydrogen-bond donors (Lipinski definition) is 1. The fourth-order valence-corrected chi connectivity index (χ4v) is 5.77. The van der Waals surface area contributed by atoms with Crippen molar-refractivity contribution in [2.75, 3.05) is 46.0 Å². The second-order valence-corrected chi connectivity index (χ2v) is 11.3. The van der Waals surface area contributed by atoms with E-state index in [0.717, 1.165) is 94.9 Å². The summed E-state index contributed by atoms with van der Waals surface area (Å²) >= 11 is 0. The number of ether oxygens (including phenoxy) is 2. The molecule has 1 N–H and O–H groups in total. The number of carboxylic acids is 1. The molecule has 2 unspecified atom stereocenters. The number of aromatic nitrogens is 2. The van der Waals surface area contributed by atoms with Crippen LogP contribution in [0.4, 0.5) is 0 Å². The zero-order chi connectivity index (χ0) is 29.3. The van der Waals surface area contributed by atoms with E-state index in [9.17, 15) is 9.90 Å². The quantitative estimate of drug-likeness (QED) is 0.416. The van der Waals surface area contributed by atoms with Crippen LogP contribution in [0.15, 0.2) is 36.4 Å². The molecule has 2 atom stereocenters. The van der Waals surface area contributed by atoms with Gasteiger partial charge in [0.1, 0.15) is 5.69 Å². The Balaban J connectivity index is 1.64. The first-order chi connectivity index (χ1) is 20.0. The summed E-state index contributed by atoms with van der Waals surface area (Å²) in [7, 11) is 0. The summed E-state index contributed by atoms with van der Waals surface area (Å²) in [6, 6.07) is 11.5. The van der Waals surface area contributed by atoms with Crippen molar-refractivity contribution in [2.45, 2.75) is 91.3 Å². The van der Waals surface area contributed by atoms with Crippen LogP contribution in [0.3, 0.4) is 0 Å². The number of hydrogen-bond acceptors (Lipinski definition) is 7. The predicted molar refractivity (Wildman–Crippen MR) is 163 cm³/mol. The number of aromatic carboxylic acids is 1. The standard InChI is InChI=1S/C33H52N4O4/c1-4-12-28-14-11-19-36(25-29-15-9-13-27(3)34-29)18-7-6-8-22-40-23-20-37(21-24-41-32(28)5-2)26-30-16-10-17-31(35-30)33(38)39/h9-10,13,15-17,28,32H,4-8,11-12,14,18-26H2,1-3H3,(H,38,39). The van der Waals surface area contributed by atoms with Crippen LogP contribution in [0.1, 0.15) is 92.8 Å². The summed E-state index contributed by atoms with van der Waals surface area (Å²) in [4.78, 5) is 25.4. The molecule has 8 heteroatoms. The van der Waals surface area contributed by atoms with Gasteiger partial charge >= 0.3 is 5.97 Å². The van der Waals surface area contributed by atoms with Crippen LogP contribution in [0, 0.1) is 12.8 Å². The van der Waals surface area contributed by atoms with Crippen LogP contribution in [-0.4, -0.2) is 82.9 Å². The van der Waals surface area contributed by atoms with Gasteiger partial charge in [-0.3, -0.25) is 14.8 Å². The fourth-order valence-electron chi connectivity index (χ4n) is 5.77. The molecule has 0 spiro atoms. The lowest BCUT2D eigenvalue weighted by molar-refractivity contribution is -0.0111. The highest BCUT2D eigenvalue weighted by atomic mass is 16.5. The summed E-state index contributed by atoms with van der Waals surface area (Å²) in [6.07, 6.45) is 9.30. The van der Waals surface area contributed by atoms with Gasteiger partial charge in [0.05, 0.1) is 30.7 Å². The van der Waals surface area contributed by atoms with Crippen molar-refractivity contribution in [3.8, 4) is 0 Å². The van der Waals surface area contributed by atoms with Gasteiger partial charge in [-0.1, -0.05) is 32.4 Å². The van der Waals surface area contributed by atoms with Crippen LogP contribution < -0.4 is 0 Å². The fraction of sp³-hybridized carbons (Fsp3) is 0.667. The molecule has 0 aromatic carbocycles. The van der Waals surface area contributed by atoms with Crippen LogP contribution in [-0.2, 0) is 22.6 Å². The molecule has 0 bridgehead atoms. The van der Waals surface area contributed by atoms with E-state index < -0.39 is 5.97 Å². The van der Waals surface area contributed by atoms with Crippen LogP contribution in [0.25, 0.3) is 0 Å². The molecule has 0 amide bonds. The van der Waals surface area contributed by atoms with Gasteiger partial charge in [0.2, 0.25) is 0 Å². The number of pyridine rings is 2. The number of aryl methyl sites for hydroxylation is 1. The second kappa shape index (κ2) is 18.9. The highest BCUT2D eigenvalue weighted by molar-refractivity contribution is 5.85.